The third kappa shape index (κ3) is 2.89. The molecular formula is C13H15NO4S. The van der Waals surface area contributed by atoms with Gasteiger partial charge in [0, 0.05) is 6.07 Å². The molecule has 1 aliphatic rings. The summed E-state index contributed by atoms with van der Waals surface area (Å²) in [5.74, 6) is 1.01. The first-order valence-corrected chi connectivity index (χ1v) is 7.26. The highest BCUT2D eigenvalue weighted by atomic mass is 32.2. The van der Waals surface area contributed by atoms with Gasteiger partial charge in [-0.15, -0.1) is 0 Å². The lowest BCUT2D eigenvalue weighted by molar-refractivity contribution is -0.385. The van der Waals surface area contributed by atoms with E-state index >= 15 is 0 Å². The molecule has 5 nitrogen and oxygen atoms in total. The zero-order valence-corrected chi connectivity index (χ0v) is 11.4. The highest BCUT2D eigenvalue weighted by molar-refractivity contribution is 8.00. The zero-order valence-electron chi connectivity index (χ0n) is 10.6. The summed E-state index contributed by atoms with van der Waals surface area (Å²) < 4.78 is 5.34. The Labute approximate surface area is 115 Å². The lowest BCUT2D eigenvalue weighted by atomic mass is 10.0. The molecule has 1 aliphatic heterocycles. The molecule has 0 bridgehead atoms. The number of ether oxygens (including phenoxy) is 1. The van der Waals surface area contributed by atoms with Crippen molar-refractivity contribution in [2.45, 2.75) is 25.0 Å². The quantitative estimate of drug-likeness (QED) is 0.471. The van der Waals surface area contributed by atoms with Crippen molar-refractivity contribution in [1.82, 2.24) is 0 Å². The Kier molecular flexibility index (Phi) is 4.42. The second-order valence-electron chi connectivity index (χ2n) is 4.21. The van der Waals surface area contributed by atoms with E-state index in [2.05, 4.69) is 0 Å². The molecule has 0 radical (unpaired) electrons. The molecule has 1 atom stereocenters. The van der Waals surface area contributed by atoms with Crippen molar-refractivity contribution in [3.05, 3.63) is 33.9 Å². The van der Waals surface area contributed by atoms with Gasteiger partial charge in [0.05, 0.1) is 22.3 Å². The maximum Gasteiger partial charge on any atom is 0.311 e. The fourth-order valence-electron chi connectivity index (χ4n) is 2.12. The fourth-order valence-corrected chi connectivity index (χ4v) is 3.35. The normalized spacial score (nSPS) is 18.3. The van der Waals surface area contributed by atoms with Crippen LogP contribution in [0.25, 0.3) is 0 Å². The smallest absolute Gasteiger partial charge is 0.311 e. The summed E-state index contributed by atoms with van der Waals surface area (Å²) in [5, 5.41) is 10.9. The Bertz CT molecular complexity index is 497. The van der Waals surface area contributed by atoms with Crippen LogP contribution >= 0.6 is 11.8 Å². The number of ketones is 1. The number of carbonyl (C=O) groups excluding carboxylic acids is 1. The van der Waals surface area contributed by atoms with Crippen LogP contribution in [0.3, 0.4) is 0 Å². The molecule has 2 rings (SSSR count). The topological polar surface area (TPSA) is 69.4 Å². The minimum atomic E-state index is -0.510. The summed E-state index contributed by atoms with van der Waals surface area (Å²) in [4.78, 5) is 22.9. The van der Waals surface area contributed by atoms with E-state index in [1.165, 1.54) is 12.1 Å². The van der Waals surface area contributed by atoms with Gasteiger partial charge in [-0.2, -0.15) is 11.8 Å². The van der Waals surface area contributed by atoms with Gasteiger partial charge in [0.15, 0.2) is 5.78 Å². The van der Waals surface area contributed by atoms with Gasteiger partial charge in [0.25, 0.3) is 0 Å². The van der Waals surface area contributed by atoms with Crippen molar-refractivity contribution in [2.75, 3.05) is 12.4 Å². The van der Waals surface area contributed by atoms with Crippen LogP contribution in [0.15, 0.2) is 18.2 Å². The summed E-state index contributed by atoms with van der Waals surface area (Å²) in [5.41, 5.74) is 0.186. The van der Waals surface area contributed by atoms with Gasteiger partial charge < -0.3 is 4.74 Å². The maximum atomic E-state index is 12.4. The lowest BCUT2D eigenvalue weighted by Gasteiger charge is -2.12. The van der Waals surface area contributed by atoms with Crippen LogP contribution in [0.5, 0.6) is 5.75 Å². The highest BCUT2D eigenvalue weighted by Crippen LogP contribution is 2.36. The standard InChI is InChI=1S/C13H15NO4S/c1-2-18-13-9(5-3-6-10(13)14(16)17)12(15)11-7-4-8-19-11/h3,5-6,11H,2,4,7-8H2,1H3. The number of rotatable bonds is 5. The number of carbonyl (C=O) groups is 1. The number of thioether (sulfide) groups is 1. The van der Waals surface area contributed by atoms with Gasteiger partial charge in [0.2, 0.25) is 5.75 Å². The number of hydrogen-bond acceptors (Lipinski definition) is 5. The molecule has 19 heavy (non-hydrogen) atoms. The largest absolute Gasteiger partial charge is 0.487 e. The summed E-state index contributed by atoms with van der Waals surface area (Å²) >= 11 is 1.61. The number of nitro groups is 1. The molecular weight excluding hydrogens is 266 g/mol. The molecule has 6 heteroatoms. The molecule has 1 aromatic carbocycles. The van der Waals surface area contributed by atoms with Gasteiger partial charge >= 0.3 is 5.69 Å². The van der Waals surface area contributed by atoms with Crippen molar-refractivity contribution < 1.29 is 14.5 Å². The number of nitrogens with zero attached hydrogens (tertiary/aromatic N) is 1. The van der Waals surface area contributed by atoms with Gasteiger partial charge in [-0.25, -0.2) is 0 Å². The number of benzene rings is 1. The summed E-state index contributed by atoms with van der Waals surface area (Å²) in [6, 6.07) is 4.51. The monoisotopic (exact) mass is 281 g/mol. The van der Waals surface area contributed by atoms with Gasteiger partial charge in [-0.05, 0) is 31.6 Å². The minimum absolute atomic E-state index is 0.0605. The van der Waals surface area contributed by atoms with E-state index in [0.717, 1.165) is 18.6 Å². The van der Waals surface area contributed by atoms with Crippen LogP contribution in [0.4, 0.5) is 5.69 Å². The van der Waals surface area contributed by atoms with E-state index in [1.807, 2.05) is 0 Å². The molecule has 1 aromatic rings. The Morgan fingerprint density at radius 3 is 2.95 bits per heavy atom. The molecule has 1 unspecified atom stereocenters. The van der Waals surface area contributed by atoms with Gasteiger partial charge in [-0.3, -0.25) is 14.9 Å². The molecule has 1 saturated heterocycles. The van der Waals surface area contributed by atoms with Crippen LogP contribution in [0, 0.1) is 10.1 Å². The van der Waals surface area contributed by atoms with E-state index < -0.39 is 4.92 Å². The van der Waals surface area contributed by atoms with Crippen molar-refractivity contribution >= 4 is 23.2 Å². The molecule has 0 N–H and O–H groups in total. The number of Topliss-reactive ketones (excluding diaryl/α,β-unsaturated/α-hetero) is 1. The van der Waals surface area contributed by atoms with Gasteiger partial charge in [0.1, 0.15) is 0 Å². The summed E-state index contributed by atoms with van der Waals surface area (Å²) in [6.45, 7) is 2.04. The summed E-state index contributed by atoms with van der Waals surface area (Å²) in [6.07, 6.45) is 1.84. The minimum Gasteiger partial charge on any atom is -0.487 e. The van der Waals surface area contributed by atoms with E-state index in [-0.39, 0.29) is 22.5 Å². The van der Waals surface area contributed by atoms with E-state index in [4.69, 9.17) is 4.74 Å². The number of para-hydroxylation sites is 1. The Morgan fingerprint density at radius 2 is 2.37 bits per heavy atom. The maximum absolute atomic E-state index is 12.4. The van der Waals surface area contributed by atoms with Crippen molar-refractivity contribution in [2.24, 2.45) is 0 Å². The second-order valence-corrected chi connectivity index (χ2v) is 5.52. The third-order valence-electron chi connectivity index (χ3n) is 2.97. The first-order chi connectivity index (χ1) is 9.15. The van der Waals surface area contributed by atoms with Crippen molar-refractivity contribution in [3.63, 3.8) is 0 Å². The number of nitro benzene ring substituents is 1. The average Bonchev–Trinajstić information content (AvgIpc) is 2.92. The molecule has 0 aliphatic carbocycles. The van der Waals surface area contributed by atoms with E-state index in [9.17, 15) is 14.9 Å². The van der Waals surface area contributed by atoms with Crippen molar-refractivity contribution in [3.8, 4) is 5.75 Å². The molecule has 1 fully saturated rings. The van der Waals surface area contributed by atoms with Crippen LogP contribution in [0.2, 0.25) is 0 Å². The Morgan fingerprint density at radius 1 is 1.58 bits per heavy atom. The molecule has 0 saturated carbocycles. The first kappa shape index (κ1) is 13.9. The molecule has 102 valence electrons. The molecule has 0 spiro atoms. The Balaban J connectivity index is 2.40. The fraction of sp³-hybridized carbons (Fsp3) is 0.462. The van der Waals surface area contributed by atoms with Crippen LogP contribution in [0.1, 0.15) is 30.1 Å². The van der Waals surface area contributed by atoms with E-state index in [0.29, 0.717) is 12.2 Å². The van der Waals surface area contributed by atoms with Crippen LogP contribution in [-0.4, -0.2) is 28.3 Å². The SMILES string of the molecule is CCOc1c(C(=O)C2CCCS2)cccc1[N+](=O)[O-]. The van der Waals surface area contributed by atoms with Crippen LogP contribution < -0.4 is 4.74 Å². The van der Waals surface area contributed by atoms with Crippen LogP contribution in [-0.2, 0) is 0 Å². The lowest BCUT2D eigenvalue weighted by Crippen LogP contribution is -2.16. The molecule has 1 heterocycles. The van der Waals surface area contributed by atoms with Gasteiger partial charge in [-0.1, -0.05) is 6.07 Å². The summed E-state index contributed by atoms with van der Waals surface area (Å²) in [7, 11) is 0. The first-order valence-electron chi connectivity index (χ1n) is 6.21. The Hall–Kier alpha value is -1.56. The predicted molar refractivity (Wildman–Crippen MR) is 74.1 cm³/mol. The zero-order chi connectivity index (χ0) is 13.8. The second kappa shape index (κ2) is 6.06. The molecule has 0 aromatic heterocycles. The van der Waals surface area contributed by atoms with Crippen molar-refractivity contribution in [1.29, 1.82) is 0 Å². The molecule has 0 amide bonds. The predicted octanol–water partition coefficient (Wildman–Crippen LogP) is 3.07. The third-order valence-corrected chi connectivity index (χ3v) is 4.34. The average molecular weight is 281 g/mol. The highest BCUT2D eigenvalue weighted by Gasteiger charge is 2.30. The van der Waals surface area contributed by atoms with E-state index in [1.54, 1.807) is 24.8 Å². The number of hydrogen-bond donors (Lipinski definition) is 0.